The van der Waals surface area contributed by atoms with Crippen molar-refractivity contribution in [2.45, 2.75) is 105 Å². The lowest BCUT2D eigenvalue weighted by Crippen LogP contribution is -2.70. The molecule has 44 heavy (non-hydrogen) atoms. The van der Waals surface area contributed by atoms with Gasteiger partial charge in [-0.15, -0.1) is 0 Å². The Morgan fingerprint density at radius 1 is 1.18 bits per heavy atom. The minimum atomic E-state index is -1.37. The van der Waals surface area contributed by atoms with Crippen LogP contribution in [0.3, 0.4) is 0 Å². The minimum Gasteiger partial charge on any atom is -0.492 e. The van der Waals surface area contributed by atoms with Crippen LogP contribution in [0, 0.1) is 17.8 Å². The number of aliphatic hydroxyl groups excluding tert-OH is 3. The first-order chi connectivity index (χ1) is 20.9. The Bertz CT molecular complexity index is 1010. The van der Waals surface area contributed by atoms with Gasteiger partial charge in [0.15, 0.2) is 6.29 Å². The van der Waals surface area contributed by atoms with E-state index in [1.54, 1.807) is 14.0 Å². The number of aliphatic hydroxyl groups is 4. The molecule has 2 unspecified atom stereocenters. The van der Waals surface area contributed by atoms with Crippen molar-refractivity contribution in [1.29, 1.82) is 0 Å². The van der Waals surface area contributed by atoms with Crippen LogP contribution in [-0.2, 0) is 19.0 Å². The van der Waals surface area contributed by atoms with Gasteiger partial charge < -0.3 is 73.1 Å². The zero-order valence-corrected chi connectivity index (χ0v) is 25.7. The molecule has 5 rings (SSSR count). The molecule has 14 N–H and O–H groups in total. The average molecular weight is 628 g/mol. The normalized spacial score (nSPS) is 45.3. The number of carbonyl (C=O) groups excluding carboxylic acids is 1. The van der Waals surface area contributed by atoms with Gasteiger partial charge in [0.2, 0.25) is 5.91 Å². The lowest BCUT2D eigenvalue weighted by atomic mass is 9.72. The smallest absolute Gasteiger partial charge is 0.249 e. The van der Waals surface area contributed by atoms with Crippen LogP contribution in [0.25, 0.3) is 0 Å². The summed E-state index contributed by atoms with van der Waals surface area (Å²) in [6, 6.07) is -2.41. The largest absolute Gasteiger partial charge is 0.492 e. The maximum Gasteiger partial charge on any atom is 0.249 e. The molecular weight excluding hydrogens is 574 g/mol. The average Bonchev–Trinajstić information content (AvgIpc) is 2.91. The maximum atomic E-state index is 13.1. The van der Waals surface area contributed by atoms with Gasteiger partial charge in [0.05, 0.1) is 31.3 Å². The topological polar surface area (TPSA) is 252 Å². The quantitative estimate of drug-likeness (QED) is 0.103. The van der Waals surface area contributed by atoms with Gasteiger partial charge in [-0.05, 0) is 58.2 Å². The van der Waals surface area contributed by atoms with Gasteiger partial charge in [-0.25, -0.2) is 0 Å². The Hall–Kier alpha value is -1.47. The van der Waals surface area contributed by atoms with Gasteiger partial charge in [-0.3, -0.25) is 4.79 Å². The molecule has 12 atom stereocenters. The van der Waals surface area contributed by atoms with Crippen LogP contribution >= 0.6 is 0 Å². The first kappa shape index (κ1) is 33.9. The summed E-state index contributed by atoms with van der Waals surface area (Å²) in [5.74, 6) is -0.229. The Kier molecular flexibility index (Phi) is 10.9. The fourth-order valence-corrected chi connectivity index (χ4v) is 7.33. The molecule has 252 valence electrons. The molecule has 0 aromatic rings. The van der Waals surface area contributed by atoms with E-state index in [-0.39, 0.29) is 25.0 Å². The minimum absolute atomic E-state index is 0.138. The number of hydrogen-bond donors (Lipinski definition) is 11. The number of amides is 1. The third-order valence-corrected chi connectivity index (χ3v) is 10.1. The molecule has 0 spiro atoms. The van der Waals surface area contributed by atoms with Crippen LogP contribution in [0.4, 0.5) is 0 Å². The zero-order valence-electron chi connectivity index (χ0n) is 25.7. The third kappa shape index (κ3) is 7.24. The third-order valence-electron chi connectivity index (χ3n) is 10.1. The number of rotatable bonds is 11. The second-order valence-corrected chi connectivity index (χ2v) is 13.7. The number of ether oxygens (including phenoxy) is 3. The van der Waals surface area contributed by atoms with Gasteiger partial charge in [-0.2, -0.15) is 0 Å². The van der Waals surface area contributed by atoms with Crippen molar-refractivity contribution >= 4 is 5.91 Å². The summed E-state index contributed by atoms with van der Waals surface area (Å²) in [7, 11) is 1.61. The second kappa shape index (κ2) is 14.1. The fourth-order valence-electron chi connectivity index (χ4n) is 7.33. The number of nitrogens with two attached hydrogens (primary N) is 3. The van der Waals surface area contributed by atoms with Crippen molar-refractivity contribution in [3.05, 3.63) is 11.8 Å². The highest BCUT2D eigenvalue weighted by Crippen LogP contribution is 2.37. The predicted octanol–water partition coefficient (Wildman–Crippen LogP) is -4.47. The Morgan fingerprint density at radius 3 is 2.55 bits per heavy atom. The molecule has 15 nitrogen and oxygen atoms in total. The summed E-state index contributed by atoms with van der Waals surface area (Å²) >= 11 is 0. The standard InChI is InChI=1S/C29H53N7O8/c1-29(41)12-42-28(23(39)26(29)33-2)44-25-19(36-27(40)21(37)14-9-35-10-14)7-18(32)20(22(25)38)24-17(31)4-3-16(43-24)11-34-8-13-5-15(30)6-13/h3,13-15,17-26,28,33-35,37-39,41H,4-12,30-32H2,1-2H3,(H,36,40)/t13-,15-,17-,18+,19-,20?,21?,22+,23-,24+,25+,26-,28-,29+/m1/s1. The SMILES string of the molecule is CN[C@@H]1[C@@H](O)[C@@H](O[C@H]2[C@H](NC(=O)C(O)C3CNC3)C[C@H](N)C([C@H]3OC(CNC[C@H]4C[C@H](N)C4)=CC[C@H]3N)[C@@H]2O)OC[C@]1(C)O. The summed E-state index contributed by atoms with van der Waals surface area (Å²) in [5.41, 5.74) is 17.7. The molecule has 2 saturated carbocycles. The summed E-state index contributed by atoms with van der Waals surface area (Å²) in [5, 5.41) is 56.5. The molecule has 5 aliphatic rings. The van der Waals surface area contributed by atoms with Crippen LogP contribution < -0.4 is 38.5 Å². The van der Waals surface area contributed by atoms with Crippen LogP contribution in [0.5, 0.6) is 0 Å². The molecule has 0 bridgehead atoms. The van der Waals surface area contributed by atoms with E-state index in [0.29, 0.717) is 32.0 Å². The summed E-state index contributed by atoms with van der Waals surface area (Å²) in [4.78, 5) is 13.1. The first-order valence-electron chi connectivity index (χ1n) is 15.9. The van der Waals surface area contributed by atoms with Gasteiger partial charge in [0.25, 0.3) is 0 Å². The number of likely N-dealkylation sites (N-methyl/N-ethyl adjacent to an activating group) is 1. The lowest BCUT2D eigenvalue weighted by Gasteiger charge is -2.50. The van der Waals surface area contributed by atoms with E-state index in [1.165, 1.54) is 0 Å². The van der Waals surface area contributed by atoms with Crippen molar-refractivity contribution in [3.63, 3.8) is 0 Å². The monoisotopic (exact) mass is 627 g/mol. The van der Waals surface area contributed by atoms with E-state index in [4.69, 9.17) is 31.4 Å². The van der Waals surface area contributed by atoms with E-state index in [0.717, 1.165) is 25.1 Å². The Balaban J connectivity index is 1.30. The maximum absolute atomic E-state index is 13.1. The Morgan fingerprint density at radius 2 is 1.91 bits per heavy atom. The van der Waals surface area contributed by atoms with E-state index < -0.39 is 78.4 Å². The van der Waals surface area contributed by atoms with Crippen LogP contribution in [-0.4, -0.2) is 139 Å². The molecule has 0 aromatic heterocycles. The van der Waals surface area contributed by atoms with Gasteiger partial charge in [0.1, 0.15) is 35.8 Å². The van der Waals surface area contributed by atoms with Crippen molar-refractivity contribution in [1.82, 2.24) is 21.3 Å². The summed E-state index contributed by atoms with van der Waals surface area (Å²) < 4.78 is 18.3. The molecule has 15 heteroatoms. The summed E-state index contributed by atoms with van der Waals surface area (Å²) in [6.45, 7) is 3.79. The van der Waals surface area contributed by atoms with Crippen molar-refractivity contribution < 1.29 is 39.4 Å². The van der Waals surface area contributed by atoms with E-state index >= 15 is 0 Å². The second-order valence-electron chi connectivity index (χ2n) is 13.7. The van der Waals surface area contributed by atoms with Gasteiger partial charge >= 0.3 is 0 Å². The number of nitrogens with one attached hydrogen (secondary N) is 4. The summed E-state index contributed by atoms with van der Waals surface area (Å²) in [6.07, 6.45) is -2.12. The highest BCUT2D eigenvalue weighted by atomic mass is 16.7. The highest BCUT2D eigenvalue weighted by Gasteiger charge is 2.53. The van der Waals surface area contributed by atoms with E-state index in [1.807, 2.05) is 6.08 Å². The Labute approximate surface area is 258 Å². The molecule has 2 saturated heterocycles. The molecule has 0 radical (unpaired) electrons. The molecule has 3 aliphatic heterocycles. The predicted molar refractivity (Wildman–Crippen MR) is 160 cm³/mol. The lowest BCUT2D eigenvalue weighted by molar-refractivity contribution is -0.297. The van der Waals surface area contributed by atoms with Crippen molar-refractivity contribution in [2.75, 3.05) is 39.8 Å². The molecule has 0 aromatic carbocycles. The van der Waals surface area contributed by atoms with Crippen LogP contribution in [0.15, 0.2) is 11.8 Å². The molecule has 4 fully saturated rings. The number of hydrogen-bond acceptors (Lipinski definition) is 14. The van der Waals surface area contributed by atoms with E-state index in [2.05, 4.69) is 21.3 Å². The highest BCUT2D eigenvalue weighted by molar-refractivity contribution is 5.81. The van der Waals surface area contributed by atoms with Crippen LogP contribution in [0.2, 0.25) is 0 Å². The van der Waals surface area contributed by atoms with Crippen LogP contribution in [0.1, 0.15) is 32.6 Å². The molecule has 2 aliphatic carbocycles. The zero-order chi connectivity index (χ0) is 31.8. The first-order valence-corrected chi connectivity index (χ1v) is 15.9. The number of carbonyl (C=O) groups is 1. The fraction of sp³-hybridized carbons (Fsp3) is 0.897. The van der Waals surface area contributed by atoms with Gasteiger partial charge in [-0.1, -0.05) is 0 Å². The molecular formula is C29H53N7O8. The van der Waals surface area contributed by atoms with E-state index in [9.17, 15) is 25.2 Å². The van der Waals surface area contributed by atoms with Gasteiger partial charge in [0, 0.05) is 43.1 Å². The van der Waals surface area contributed by atoms with Crippen molar-refractivity contribution in [2.24, 2.45) is 35.0 Å². The van der Waals surface area contributed by atoms with Crippen molar-refractivity contribution in [3.8, 4) is 0 Å². The molecule has 3 heterocycles. The molecule has 1 amide bonds.